The Morgan fingerprint density at radius 2 is 2.24 bits per heavy atom. The predicted molar refractivity (Wildman–Crippen MR) is 77.5 cm³/mol. The van der Waals surface area contributed by atoms with Gasteiger partial charge in [-0.2, -0.15) is 11.3 Å². The van der Waals surface area contributed by atoms with Gasteiger partial charge < -0.3 is 5.32 Å². The first-order chi connectivity index (χ1) is 8.16. The summed E-state index contributed by atoms with van der Waals surface area (Å²) in [4.78, 5) is 10.2. The van der Waals surface area contributed by atoms with Crippen LogP contribution < -0.4 is 5.32 Å². The highest BCUT2D eigenvalue weighted by Crippen LogP contribution is 2.24. The van der Waals surface area contributed by atoms with Crippen molar-refractivity contribution in [2.24, 2.45) is 0 Å². The van der Waals surface area contributed by atoms with Gasteiger partial charge in [-0.3, -0.25) is 10.1 Å². The quantitative estimate of drug-likeness (QED) is 0.512. The number of thiophene rings is 1. The first-order valence-electron chi connectivity index (χ1n) is 4.85. The van der Waals surface area contributed by atoms with E-state index in [1.54, 1.807) is 23.5 Å². The molecule has 2 aromatic rings. The number of halogens is 1. The second-order valence-electron chi connectivity index (χ2n) is 3.41. The molecule has 0 fully saturated rings. The van der Waals surface area contributed by atoms with Crippen molar-refractivity contribution in [3.63, 3.8) is 0 Å². The molecule has 0 bridgehead atoms. The molecule has 0 aliphatic rings. The van der Waals surface area contributed by atoms with Gasteiger partial charge in [0.2, 0.25) is 0 Å². The SMILES string of the molecule is O=[N+]([O-])c1ccc(NCc2ccsc2)c(I)c1. The average Bonchev–Trinajstić information content (AvgIpc) is 2.80. The van der Waals surface area contributed by atoms with E-state index in [1.165, 1.54) is 11.6 Å². The molecule has 0 amide bonds. The Hall–Kier alpha value is -1.15. The third-order valence-corrected chi connectivity index (χ3v) is 3.85. The van der Waals surface area contributed by atoms with Crippen molar-refractivity contribution in [1.82, 2.24) is 0 Å². The van der Waals surface area contributed by atoms with Crippen molar-refractivity contribution in [2.45, 2.75) is 6.54 Å². The van der Waals surface area contributed by atoms with Gasteiger partial charge in [0.25, 0.3) is 5.69 Å². The lowest BCUT2D eigenvalue weighted by Gasteiger charge is -2.07. The summed E-state index contributed by atoms with van der Waals surface area (Å²) in [6, 6.07) is 6.87. The molecule has 1 N–H and O–H groups in total. The lowest BCUT2D eigenvalue weighted by molar-refractivity contribution is -0.384. The fourth-order valence-electron chi connectivity index (χ4n) is 1.35. The Kier molecular flexibility index (Phi) is 3.95. The Labute approximate surface area is 116 Å². The van der Waals surface area contributed by atoms with Crippen LogP contribution in [0.15, 0.2) is 35.0 Å². The molecule has 1 aromatic heterocycles. The van der Waals surface area contributed by atoms with Gasteiger partial charge in [-0.15, -0.1) is 0 Å². The third kappa shape index (κ3) is 3.16. The molecular formula is C11H9IN2O2S. The van der Waals surface area contributed by atoms with Gasteiger partial charge in [0.15, 0.2) is 0 Å². The lowest BCUT2D eigenvalue weighted by atomic mass is 10.2. The van der Waals surface area contributed by atoms with Gasteiger partial charge in [-0.05, 0) is 51.0 Å². The molecule has 88 valence electrons. The fraction of sp³-hybridized carbons (Fsp3) is 0.0909. The molecule has 4 nitrogen and oxygen atoms in total. The van der Waals surface area contributed by atoms with Crippen LogP contribution in [0.25, 0.3) is 0 Å². The van der Waals surface area contributed by atoms with E-state index in [2.05, 4.69) is 39.4 Å². The number of hydrogen-bond acceptors (Lipinski definition) is 4. The molecule has 0 saturated carbocycles. The van der Waals surface area contributed by atoms with Gasteiger partial charge in [0.1, 0.15) is 0 Å². The number of benzene rings is 1. The summed E-state index contributed by atoms with van der Waals surface area (Å²) in [7, 11) is 0. The molecule has 6 heteroatoms. The van der Waals surface area contributed by atoms with Crippen LogP contribution in [0.1, 0.15) is 5.56 Å². The van der Waals surface area contributed by atoms with E-state index >= 15 is 0 Å². The Morgan fingerprint density at radius 1 is 1.41 bits per heavy atom. The normalized spacial score (nSPS) is 10.2. The van der Waals surface area contributed by atoms with Crippen LogP contribution >= 0.6 is 33.9 Å². The molecule has 2 rings (SSSR count). The first-order valence-corrected chi connectivity index (χ1v) is 6.88. The van der Waals surface area contributed by atoms with Gasteiger partial charge in [-0.25, -0.2) is 0 Å². The Balaban J connectivity index is 2.09. The highest BCUT2D eigenvalue weighted by atomic mass is 127. The number of nitro benzene ring substituents is 1. The van der Waals surface area contributed by atoms with Crippen molar-refractivity contribution >= 4 is 45.3 Å². The minimum atomic E-state index is -0.384. The summed E-state index contributed by atoms with van der Waals surface area (Å²) in [5.74, 6) is 0. The third-order valence-electron chi connectivity index (χ3n) is 2.23. The smallest absolute Gasteiger partial charge is 0.270 e. The van der Waals surface area contributed by atoms with E-state index < -0.39 is 0 Å². The molecule has 0 spiro atoms. The highest BCUT2D eigenvalue weighted by Gasteiger charge is 2.08. The van der Waals surface area contributed by atoms with Crippen LogP contribution in [-0.2, 0) is 6.54 Å². The van der Waals surface area contributed by atoms with E-state index in [0.29, 0.717) is 0 Å². The van der Waals surface area contributed by atoms with Crippen LogP contribution in [-0.4, -0.2) is 4.92 Å². The molecule has 1 aromatic carbocycles. The van der Waals surface area contributed by atoms with E-state index in [9.17, 15) is 10.1 Å². The van der Waals surface area contributed by atoms with Crippen LogP contribution in [0.3, 0.4) is 0 Å². The summed E-state index contributed by atoms with van der Waals surface area (Å²) in [5, 5.41) is 18.0. The second-order valence-corrected chi connectivity index (χ2v) is 5.35. The van der Waals surface area contributed by atoms with E-state index in [1.807, 2.05) is 5.38 Å². The number of anilines is 1. The highest BCUT2D eigenvalue weighted by molar-refractivity contribution is 14.1. The summed E-state index contributed by atoms with van der Waals surface area (Å²) >= 11 is 3.75. The van der Waals surface area contributed by atoms with Gasteiger partial charge in [0.05, 0.1) is 4.92 Å². The zero-order chi connectivity index (χ0) is 12.3. The monoisotopic (exact) mass is 360 g/mol. The molecule has 0 aliphatic heterocycles. The van der Waals surface area contributed by atoms with Crippen molar-refractivity contribution in [1.29, 1.82) is 0 Å². The van der Waals surface area contributed by atoms with Crippen LogP contribution in [0.4, 0.5) is 11.4 Å². The second kappa shape index (κ2) is 5.46. The van der Waals surface area contributed by atoms with Crippen LogP contribution in [0, 0.1) is 13.7 Å². The van der Waals surface area contributed by atoms with Crippen molar-refractivity contribution < 1.29 is 4.92 Å². The average molecular weight is 360 g/mol. The number of non-ortho nitro benzene ring substituents is 1. The van der Waals surface area contributed by atoms with Gasteiger partial charge >= 0.3 is 0 Å². The van der Waals surface area contributed by atoms with E-state index in [4.69, 9.17) is 0 Å². The molecule has 17 heavy (non-hydrogen) atoms. The van der Waals surface area contributed by atoms with Gasteiger partial charge in [-0.1, -0.05) is 0 Å². The molecule has 0 radical (unpaired) electrons. The Morgan fingerprint density at radius 3 is 2.82 bits per heavy atom. The summed E-state index contributed by atoms with van der Waals surface area (Å²) in [5.41, 5.74) is 2.25. The molecule has 0 unspecified atom stereocenters. The minimum absolute atomic E-state index is 0.121. The number of hydrogen-bond donors (Lipinski definition) is 1. The summed E-state index contributed by atoms with van der Waals surface area (Å²) in [6.07, 6.45) is 0. The zero-order valence-corrected chi connectivity index (χ0v) is 11.7. The number of nitrogens with zero attached hydrogens (tertiary/aromatic N) is 1. The van der Waals surface area contributed by atoms with Crippen LogP contribution in [0.5, 0.6) is 0 Å². The van der Waals surface area contributed by atoms with Crippen molar-refractivity contribution in [3.05, 3.63) is 54.3 Å². The van der Waals surface area contributed by atoms with Gasteiger partial charge in [0, 0.05) is 27.9 Å². The topological polar surface area (TPSA) is 55.2 Å². The van der Waals surface area contributed by atoms with E-state index in [0.717, 1.165) is 15.8 Å². The molecule has 0 aliphatic carbocycles. The lowest BCUT2D eigenvalue weighted by Crippen LogP contribution is -2.00. The zero-order valence-electron chi connectivity index (χ0n) is 8.72. The summed E-state index contributed by atoms with van der Waals surface area (Å²) < 4.78 is 0.854. The molecule has 0 saturated heterocycles. The van der Waals surface area contributed by atoms with Crippen LogP contribution in [0.2, 0.25) is 0 Å². The maximum Gasteiger partial charge on any atom is 0.270 e. The molecule has 0 atom stereocenters. The largest absolute Gasteiger partial charge is 0.380 e. The first kappa shape index (κ1) is 12.3. The van der Waals surface area contributed by atoms with Crippen molar-refractivity contribution in [2.75, 3.05) is 5.32 Å². The maximum absolute atomic E-state index is 10.6. The number of nitrogens with one attached hydrogen (secondary N) is 1. The molecule has 1 heterocycles. The standard InChI is InChI=1S/C11H9IN2O2S/c12-10-5-9(14(15)16)1-2-11(10)13-6-8-3-4-17-7-8/h1-5,7,13H,6H2. The summed E-state index contributed by atoms with van der Waals surface area (Å²) in [6.45, 7) is 0.733. The number of rotatable bonds is 4. The predicted octanol–water partition coefficient (Wildman–Crippen LogP) is 3.87. The number of nitro groups is 1. The Bertz CT molecular complexity index is 528. The van der Waals surface area contributed by atoms with Crippen molar-refractivity contribution in [3.8, 4) is 0 Å². The molecular weight excluding hydrogens is 351 g/mol. The fourth-order valence-corrected chi connectivity index (χ4v) is 2.71. The maximum atomic E-state index is 10.6. The van der Waals surface area contributed by atoms with E-state index in [-0.39, 0.29) is 10.6 Å². The minimum Gasteiger partial charge on any atom is -0.380 e.